The summed E-state index contributed by atoms with van der Waals surface area (Å²) in [6, 6.07) is 6.18. The SMILES string of the molecule is CCCn1c(=O)c2[nH]c(-c3ccc(N(CCCN4CCCCC4=O)C(=O)c4ccc(F)c(F)c4)nc3)nc2n(CCOC)c1=O. The number of piperidine rings is 1. The fourth-order valence-electron chi connectivity index (χ4n) is 5.42. The number of likely N-dealkylation sites (tertiary alicyclic amines) is 1. The van der Waals surface area contributed by atoms with Crippen LogP contribution in [0.25, 0.3) is 22.6 Å². The molecule has 1 N–H and O–H groups in total. The summed E-state index contributed by atoms with van der Waals surface area (Å²) in [5, 5.41) is 0. The zero-order chi connectivity index (χ0) is 32.1. The van der Waals surface area contributed by atoms with Crippen molar-refractivity contribution in [2.45, 2.75) is 52.1 Å². The molecule has 4 heterocycles. The van der Waals surface area contributed by atoms with E-state index in [4.69, 9.17) is 4.74 Å². The molecule has 5 rings (SSSR count). The van der Waals surface area contributed by atoms with Crippen LogP contribution in [0.15, 0.2) is 46.1 Å². The number of nitrogens with zero attached hydrogens (tertiary/aromatic N) is 6. The number of carbonyl (C=O) groups is 2. The molecular formula is C31H35F2N7O5. The van der Waals surface area contributed by atoms with E-state index in [2.05, 4.69) is 15.0 Å². The van der Waals surface area contributed by atoms with Crippen LogP contribution in [-0.4, -0.2) is 74.2 Å². The summed E-state index contributed by atoms with van der Waals surface area (Å²) in [6.45, 7) is 3.82. The lowest BCUT2D eigenvalue weighted by atomic mass is 10.1. The Morgan fingerprint density at radius 3 is 2.56 bits per heavy atom. The maximum absolute atomic E-state index is 14.0. The number of H-pyrrole nitrogens is 1. The number of hydrogen-bond acceptors (Lipinski definition) is 7. The van der Waals surface area contributed by atoms with Crippen molar-refractivity contribution >= 4 is 28.8 Å². The molecule has 0 saturated carbocycles. The number of ether oxygens (including phenoxy) is 1. The molecule has 0 unspecified atom stereocenters. The van der Waals surface area contributed by atoms with Gasteiger partial charge in [-0.2, -0.15) is 0 Å². The Kier molecular flexibility index (Phi) is 9.81. The van der Waals surface area contributed by atoms with Crippen molar-refractivity contribution in [1.29, 1.82) is 0 Å². The standard InChI is InChI=1S/C31H35F2N7O5/c1-3-12-40-30(43)26-28(39(31(40)44)16-17-45-2)36-27(35-26)21-9-11-24(34-19-21)38(15-6-14-37-13-5-4-7-25(37)41)29(42)20-8-10-22(32)23(33)18-20/h8-11,18-19H,3-7,12-17H2,1-2H3,(H,35,36). The van der Waals surface area contributed by atoms with Crippen LogP contribution in [0, 0.1) is 11.6 Å². The first kappa shape index (κ1) is 31.7. The smallest absolute Gasteiger partial charge is 0.332 e. The number of imidazole rings is 1. The van der Waals surface area contributed by atoms with E-state index >= 15 is 0 Å². The molecule has 238 valence electrons. The number of carbonyl (C=O) groups excluding carboxylic acids is 2. The number of fused-ring (bicyclic) bond motifs is 1. The minimum Gasteiger partial charge on any atom is -0.383 e. The van der Waals surface area contributed by atoms with Crippen molar-refractivity contribution in [3.8, 4) is 11.4 Å². The quantitative estimate of drug-likeness (QED) is 0.256. The van der Waals surface area contributed by atoms with E-state index in [1.807, 2.05) is 6.92 Å². The molecular weight excluding hydrogens is 588 g/mol. The summed E-state index contributed by atoms with van der Waals surface area (Å²) in [7, 11) is 1.52. The van der Waals surface area contributed by atoms with Crippen LogP contribution < -0.4 is 16.1 Å². The topological polar surface area (TPSA) is 135 Å². The molecule has 3 aromatic heterocycles. The van der Waals surface area contributed by atoms with Crippen LogP contribution in [0.1, 0.15) is 49.4 Å². The Bertz CT molecular complexity index is 1820. The number of hydrogen-bond donors (Lipinski definition) is 1. The summed E-state index contributed by atoms with van der Waals surface area (Å²) in [4.78, 5) is 67.2. The van der Waals surface area contributed by atoms with Crippen molar-refractivity contribution < 1.29 is 23.1 Å². The number of amides is 2. The second-order valence-electron chi connectivity index (χ2n) is 10.9. The van der Waals surface area contributed by atoms with Gasteiger partial charge in [0.05, 0.1) is 13.2 Å². The zero-order valence-corrected chi connectivity index (χ0v) is 25.2. The lowest BCUT2D eigenvalue weighted by Crippen LogP contribution is -2.40. The molecule has 1 aliphatic rings. The van der Waals surface area contributed by atoms with Crippen LogP contribution in [0.5, 0.6) is 0 Å². The average molecular weight is 624 g/mol. The van der Waals surface area contributed by atoms with Crippen molar-refractivity contribution in [1.82, 2.24) is 29.0 Å². The highest BCUT2D eigenvalue weighted by Crippen LogP contribution is 2.23. The molecule has 0 radical (unpaired) electrons. The predicted molar refractivity (Wildman–Crippen MR) is 163 cm³/mol. The number of aromatic nitrogens is 5. The summed E-state index contributed by atoms with van der Waals surface area (Å²) < 4.78 is 35.3. The zero-order valence-electron chi connectivity index (χ0n) is 25.2. The van der Waals surface area contributed by atoms with Crippen LogP contribution >= 0.6 is 0 Å². The van der Waals surface area contributed by atoms with Gasteiger partial charge in [0.25, 0.3) is 11.5 Å². The third kappa shape index (κ3) is 6.70. The van der Waals surface area contributed by atoms with Gasteiger partial charge in [0, 0.05) is 57.0 Å². The number of pyridine rings is 1. The van der Waals surface area contributed by atoms with Crippen molar-refractivity contribution in [2.24, 2.45) is 0 Å². The Hall–Kier alpha value is -4.72. The lowest BCUT2D eigenvalue weighted by molar-refractivity contribution is -0.133. The first-order chi connectivity index (χ1) is 21.7. The summed E-state index contributed by atoms with van der Waals surface area (Å²) in [5.41, 5.74) is -0.166. The van der Waals surface area contributed by atoms with E-state index < -0.39 is 28.8 Å². The van der Waals surface area contributed by atoms with Crippen LogP contribution in [0.3, 0.4) is 0 Å². The Labute approximate surface area is 257 Å². The van der Waals surface area contributed by atoms with Crippen molar-refractivity contribution in [3.63, 3.8) is 0 Å². The van der Waals surface area contributed by atoms with Gasteiger partial charge in [-0.25, -0.2) is 23.5 Å². The van der Waals surface area contributed by atoms with Gasteiger partial charge >= 0.3 is 5.69 Å². The third-order valence-corrected chi connectivity index (χ3v) is 7.77. The van der Waals surface area contributed by atoms with Crippen LogP contribution in [0.4, 0.5) is 14.6 Å². The van der Waals surface area contributed by atoms with E-state index in [0.29, 0.717) is 43.7 Å². The highest BCUT2D eigenvalue weighted by atomic mass is 19.2. The van der Waals surface area contributed by atoms with Gasteiger partial charge in [-0.3, -0.25) is 28.4 Å². The summed E-state index contributed by atoms with van der Waals surface area (Å²) in [5.74, 6) is -2.18. The number of anilines is 1. The van der Waals surface area contributed by atoms with Crippen molar-refractivity contribution in [2.75, 3.05) is 38.3 Å². The minimum atomic E-state index is -1.14. The van der Waals surface area contributed by atoms with Crippen LogP contribution in [0.2, 0.25) is 0 Å². The Morgan fingerprint density at radius 2 is 1.87 bits per heavy atom. The number of halogens is 2. The molecule has 1 saturated heterocycles. The van der Waals surface area contributed by atoms with E-state index in [1.165, 1.54) is 33.4 Å². The lowest BCUT2D eigenvalue weighted by Gasteiger charge is -2.28. The third-order valence-electron chi connectivity index (χ3n) is 7.77. The Morgan fingerprint density at radius 1 is 1.04 bits per heavy atom. The molecule has 1 fully saturated rings. The van der Waals surface area contributed by atoms with Gasteiger partial charge in [-0.15, -0.1) is 0 Å². The van der Waals surface area contributed by atoms with Crippen LogP contribution in [-0.2, 0) is 22.6 Å². The number of aromatic amines is 1. The highest BCUT2D eigenvalue weighted by molar-refractivity contribution is 6.05. The molecule has 1 aliphatic heterocycles. The maximum Gasteiger partial charge on any atom is 0.332 e. The number of benzene rings is 1. The fourth-order valence-corrected chi connectivity index (χ4v) is 5.42. The molecule has 0 aliphatic carbocycles. The maximum atomic E-state index is 14.0. The normalized spacial score (nSPS) is 13.5. The minimum absolute atomic E-state index is 0.0523. The molecule has 0 atom stereocenters. The predicted octanol–water partition coefficient (Wildman–Crippen LogP) is 3.33. The first-order valence-electron chi connectivity index (χ1n) is 15.0. The van der Waals surface area contributed by atoms with Gasteiger partial charge in [0.1, 0.15) is 17.2 Å². The summed E-state index contributed by atoms with van der Waals surface area (Å²) in [6.07, 6.45) is 4.77. The number of nitrogens with one attached hydrogen (secondary N) is 1. The molecule has 45 heavy (non-hydrogen) atoms. The van der Waals surface area contributed by atoms with E-state index in [-0.39, 0.29) is 54.7 Å². The number of methoxy groups -OCH3 is 1. The van der Waals surface area contributed by atoms with E-state index in [0.717, 1.165) is 25.0 Å². The summed E-state index contributed by atoms with van der Waals surface area (Å²) >= 11 is 0. The van der Waals surface area contributed by atoms with Gasteiger partial charge in [-0.05, 0) is 56.0 Å². The molecule has 4 aromatic rings. The second kappa shape index (κ2) is 13.9. The monoisotopic (exact) mass is 623 g/mol. The molecule has 2 amide bonds. The molecule has 14 heteroatoms. The average Bonchev–Trinajstić information content (AvgIpc) is 3.49. The molecule has 0 spiro atoms. The Balaban J connectivity index is 1.46. The largest absolute Gasteiger partial charge is 0.383 e. The van der Waals surface area contributed by atoms with E-state index in [1.54, 1.807) is 17.0 Å². The van der Waals surface area contributed by atoms with Gasteiger partial charge < -0.3 is 14.6 Å². The van der Waals surface area contributed by atoms with Crippen molar-refractivity contribution in [3.05, 3.63) is 74.6 Å². The molecule has 1 aromatic carbocycles. The number of rotatable bonds is 12. The molecule has 0 bridgehead atoms. The van der Waals surface area contributed by atoms with E-state index in [9.17, 15) is 28.0 Å². The van der Waals surface area contributed by atoms with Gasteiger partial charge in [0.15, 0.2) is 17.3 Å². The molecule has 12 nitrogen and oxygen atoms in total. The highest BCUT2D eigenvalue weighted by Gasteiger charge is 2.23. The fraction of sp³-hybridized carbons (Fsp3) is 0.419. The van der Waals surface area contributed by atoms with Gasteiger partial charge in [0.2, 0.25) is 5.91 Å². The second-order valence-corrected chi connectivity index (χ2v) is 10.9. The van der Waals surface area contributed by atoms with Gasteiger partial charge in [-0.1, -0.05) is 6.92 Å². The first-order valence-corrected chi connectivity index (χ1v) is 15.0.